The molecular weight excluding hydrogens is 322 g/mol. The fraction of sp³-hybridized carbons (Fsp3) is 0.182. The number of hydrogen-bond acceptors (Lipinski definition) is 2. The maximum absolute atomic E-state index is 12.3. The molecule has 0 fully saturated rings. The maximum Gasteiger partial charge on any atom is 0.232 e. The van der Waals surface area contributed by atoms with Gasteiger partial charge in [0, 0.05) is 18.1 Å². The first kappa shape index (κ1) is 16.3. The van der Waals surface area contributed by atoms with Crippen molar-refractivity contribution in [1.82, 2.24) is 9.78 Å². The molecule has 1 aliphatic carbocycles. The third-order valence-corrected chi connectivity index (χ3v) is 5.06. The van der Waals surface area contributed by atoms with Gasteiger partial charge in [-0.1, -0.05) is 66.8 Å². The fourth-order valence-corrected chi connectivity index (χ4v) is 3.62. The standard InChI is InChI=1S/C22H21N3O/c23-21(26)22(13-5-2-6-14-22)19-10-7-11-20-18(19)16-25(24-20)15-12-17-8-3-1-4-9-17/h1-11,13,16H,12,14-15H2,(H2,23,26). The highest BCUT2D eigenvalue weighted by Gasteiger charge is 2.37. The van der Waals surface area contributed by atoms with Gasteiger partial charge in [-0.2, -0.15) is 5.10 Å². The van der Waals surface area contributed by atoms with Gasteiger partial charge in [-0.05, 0) is 30.0 Å². The van der Waals surface area contributed by atoms with Crippen LogP contribution < -0.4 is 5.73 Å². The van der Waals surface area contributed by atoms with Crippen LogP contribution in [0, 0.1) is 0 Å². The van der Waals surface area contributed by atoms with Crippen LogP contribution in [-0.2, 0) is 23.2 Å². The molecule has 0 aliphatic heterocycles. The summed E-state index contributed by atoms with van der Waals surface area (Å²) in [6.45, 7) is 0.789. The average Bonchev–Trinajstić information content (AvgIpc) is 3.10. The number of nitrogens with zero attached hydrogens (tertiary/aromatic N) is 2. The average molecular weight is 343 g/mol. The van der Waals surface area contributed by atoms with Gasteiger partial charge < -0.3 is 5.73 Å². The van der Waals surface area contributed by atoms with Crippen LogP contribution in [0.4, 0.5) is 0 Å². The van der Waals surface area contributed by atoms with E-state index in [9.17, 15) is 4.79 Å². The lowest BCUT2D eigenvalue weighted by atomic mass is 9.74. The van der Waals surface area contributed by atoms with E-state index < -0.39 is 5.41 Å². The monoisotopic (exact) mass is 343 g/mol. The SMILES string of the molecule is NC(=O)C1(c2cccc3nn(CCc4ccccc4)cc23)C=CC=CC1. The molecule has 0 saturated heterocycles. The third kappa shape index (κ3) is 2.84. The largest absolute Gasteiger partial charge is 0.369 e. The quantitative estimate of drug-likeness (QED) is 0.770. The minimum absolute atomic E-state index is 0.331. The van der Waals surface area contributed by atoms with Crippen molar-refractivity contribution in [3.63, 3.8) is 0 Å². The second kappa shape index (κ2) is 6.64. The van der Waals surface area contributed by atoms with Gasteiger partial charge in [-0.15, -0.1) is 0 Å². The number of nitrogens with two attached hydrogens (primary N) is 1. The number of benzene rings is 2. The van der Waals surface area contributed by atoms with Crippen LogP contribution in [0.25, 0.3) is 10.9 Å². The smallest absolute Gasteiger partial charge is 0.232 e. The zero-order valence-corrected chi connectivity index (χ0v) is 14.5. The van der Waals surface area contributed by atoms with Gasteiger partial charge in [-0.25, -0.2) is 0 Å². The molecule has 4 rings (SSSR count). The lowest BCUT2D eigenvalue weighted by Crippen LogP contribution is -2.40. The number of fused-ring (bicyclic) bond motifs is 1. The van der Waals surface area contributed by atoms with E-state index in [0.717, 1.165) is 29.4 Å². The number of carbonyl (C=O) groups excluding carboxylic acids is 1. The number of hydrogen-bond donors (Lipinski definition) is 1. The van der Waals surface area contributed by atoms with Crippen molar-refractivity contribution in [3.05, 3.63) is 90.2 Å². The Balaban J connectivity index is 1.71. The van der Waals surface area contributed by atoms with Gasteiger partial charge in [0.2, 0.25) is 5.91 Å². The third-order valence-electron chi connectivity index (χ3n) is 5.06. The molecule has 1 atom stereocenters. The lowest BCUT2D eigenvalue weighted by molar-refractivity contribution is -0.121. The van der Waals surface area contributed by atoms with Crippen molar-refractivity contribution in [2.24, 2.45) is 5.73 Å². The first-order valence-corrected chi connectivity index (χ1v) is 8.84. The molecule has 0 saturated carbocycles. The molecule has 4 nitrogen and oxygen atoms in total. The number of allylic oxidation sites excluding steroid dienone is 3. The number of amides is 1. The summed E-state index contributed by atoms with van der Waals surface area (Å²) >= 11 is 0. The Morgan fingerprint density at radius 2 is 1.96 bits per heavy atom. The van der Waals surface area contributed by atoms with Crippen molar-refractivity contribution in [3.8, 4) is 0 Å². The van der Waals surface area contributed by atoms with E-state index in [-0.39, 0.29) is 5.91 Å². The first-order chi connectivity index (χ1) is 12.7. The predicted octanol–water partition coefficient (Wildman–Crippen LogP) is 3.52. The van der Waals surface area contributed by atoms with Crippen molar-refractivity contribution >= 4 is 16.8 Å². The predicted molar refractivity (Wildman–Crippen MR) is 104 cm³/mol. The lowest BCUT2D eigenvalue weighted by Gasteiger charge is -2.28. The molecule has 130 valence electrons. The van der Waals surface area contributed by atoms with Gasteiger partial charge in [0.25, 0.3) is 0 Å². The normalized spacial score (nSPS) is 19.1. The molecule has 1 unspecified atom stereocenters. The van der Waals surface area contributed by atoms with Crippen LogP contribution in [0.2, 0.25) is 0 Å². The molecule has 1 aliphatic rings. The topological polar surface area (TPSA) is 60.9 Å². The summed E-state index contributed by atoms with van der Waals surface area (Å²) < 4.78 is 1.96. The van der Waals surface area contributed by atoms with Gasteiger partial charge in [-0.3, -0.25) is 9.48 Å². The molecule has 4 heteroatoms. The minimum atomic E-state index is -0.804. The molecule has 1 heterocycles. The summed E-state index contributed by atoms with van der Waals surface area (Å²) in [5, 5.41) is 5.68. The number of carbonyl (C=O) groups is 1. The van der Waals surface area contributed by atoms with Gasteiger partial charge in [0.15, 0.2) is 0 Å². The van der Waals surface area contributed by atoms with Gasteiger partial charge in [0.05, 0.1) is 10.9 Å². The van der Waals surface area contributed by atoms with Crippen LogP contribution in [0.3, 0.4) is 0 Å². The molecule has 2 N–H and O–H groups in total. The second-order valence-electron chi connectivity index (χ2n) is 6.69. The molecule has 2 aromatic carbocycles. The summed E-state index contributed by atoms with van der Waals surface area (Å²) in [5.41, 5.74) is 8.10. The van der Waals surface area contributed by atoms with E-state index >= 15 is 0 Å². The second-order valence-corrected chi connectivity index (χ2v) is 6.69. The van der Waals surface area contributed by atoms with E-state index in [1.54, 1.807) is 0 Å². The van der Waals surface area contributed by atoms with E-state index in [2.05, 4.69) is 12.1 Å². The summed E-state index contributed by atoms with van der Waals surface area (Å²) in [6, 6.07) is 16.3. The van der Waals surface area contributed by atoms with Crippen molar-refractivity contribution in [1.29, 1.82) is 0 Å². The summed E-state index contributed by atoms with van der Waals surface area (Å²) in [6.07, 6.45) is 11.3. The van der Waals surface area contributed by atoms with Gasteiger partial charge in [0.1, 0.15) is 0 Å². The summed E-state index contributed by atoms with van der Waals surface area (Å²) in [5.74, 6) is -0.331. The minimum Gasteiger partial charge on any atom is -0.369 e. The van der Waals surface area contributed by atoms with Crippen molar-refractivity contribution < 1.29 is 4.79 Å². The Morgan fingerprint density at radius 3 is 2.69 bits per heavy atom. The molecular formula is C22H21N3O. The van der Waals surface area contributed by atoms with Crippen LogP contribution in [-0.4, -0.2) is 15.7 Å². The van der Waals surface area contributed by atoms with Crippen LogP contribution in [0.15, 0.2) is 79.0 Å². The van der Waals surface area contributed by atoms with E-state index in [1.165, 1.54) is 5.56 Å². The zero-order valence-electron chi connectivity index (χ0n) is 14.5. The molecule has 26 heavy (non-hydrogen) atoms. The van der Waals surface area contributed by atoms with Crippen LogP contribution in [0.5, 0.6) is 0 Å². The Bertz CT molecular complexity index is 1000. The first-order valence-electron chi connectivity index (χ1n) is 8.84. The zero-order chi connectivity index (χ0) is 18.0. The molecule has 0 bridgehead atoms. The number of aryl methyl sites for hydroxylation is 2. The Labute approximate surface area is 152 Å². The molecule has 0 spiro atoms. The number of rotatable bonds is 5. The summed E-state index contributed by atoms with van der Waals surface area (Å²) in [7, 11) is 0. The Morgan fingerprint density at radius 1 is 1.12 bits per heavy atom. The van der Waals surface area contributed by atoms with Crippen molar-refractivity contribution in [2.45, 2.75) is 24.8 Å². The molecule has 1 amide bonds. The van der Waals surface area contributed by atoms with Crippen LogP contribution >= 0.6 is 0 Å². The molecule has 1 aromatic heterocycles. The number of aromatic nitrogens is 2. The number of primary amides is 1. The summed E-state index contributed by atoms with van der Waals surface area (Å²) in [4.78, 5) is 12.3. The van der Waals surface area contributed by atoms with E-state index in [0.29, 0.717) is 6.42 Å². The Kier molecular flexibility index (Phi) is 4.17. The van der Waals surface area contributed by atoms with Crippen molar-refractivity contribution in [2.75, 3.05) is 0 Å². The van der Waals surface area contributed by atoms with E-state index in [4.69, 9.17) is 10.8 Å². The maximum atomic E-state index is 12.3. The molecule has 3 aromatic rings. The van der Waals surface area contributed by atoms with E-state index in [1.807, 2.05) is 71.6 Å². The highest BCUT2D eigenvalue weighted by Crippen LogP contribution is 2.36. The fourth-order valence-electron chi connectivity index (χ4n) is 3.62. The Hall–Kier alpha value is -3.14. The molecule has 0 radical (unpaired) electrons. The van der Waals surface area contributed by atoms with Gasteiger partial charge >= 0.3 is 0 Å². The highest BCUT2D eigenvalue weighted by molar-refractivity contribution is 5.96. The highest BCUT2D eigenvalue weighted by atomic mass is 16.1. The van der Waals surface area contributed by atoms with Crippen LogP contribution in [0.1, 0.15) is 17.5 Å².